The number of amides is 2. The maximum atomic E-state index is 13.4. The molecule has 150 valence electrons. The standard InChI is InChI=1S/C24H27N3OS/c1-3-20-21-8-6-14-26(21)23-19(18-7-4-5-9-22(18)29-23)15-27(20)24(28)25-17-12-10-16(2)11-13-17/h6,8,10-14,20H,3-5,7,9,15H2,1-2H3,(H,25,28)/t20-/m1/s1. The summed E-state index contributed by atoms with van der Waals surface area (Å²) in [4.78, 5) is 17.0. The van der Waals surface area contributed by atoms with E-state index in [1.807, 2.05) is 40.5 Å². The Balaban J connectivity index is 1.56. The Morgan fingerprint density at radius 3 is 2.72 bits per heavy atom. The molecule has 1 atom stereocenters. The third-order valence-corrected chi connectivity index (χ3v) is 7.59. The number of hydrogen-bond donors (Lipinski definition) is 1. The number of nitrogens with one attached hydrogen (secondary N) is 1. The lowest BCUT2D eigenvalue weighted by molar-refractivity contribution is 0.181. The van der Waals surface area contributed by atoms with Crippen molar-refractivity contribution in [3.05, 3.63) is 69.9 Å². The molecule has 5 rings (SSSR count). The summed E-state index contributed by atoms with van der Waals surface area (Å²) in [5.74, 6) is 0. The van der Waals surface area contributed by atoms with Gasteiger partial charge in [0.05, 0.1) is 12.6 Å². The second-order valence-electron chi connectivity index (χ2n) is 8.15. The summed E-state index contributed by atoms with van der Waals surface area (Å²) in [7, 11) is 0. The molecule has 0 saturated heterocycles. The average Bonchev–Trinajstić information content (AvgIpc) is 3.32. The zero-order chi connectivity index (χ0) is 20.0. The number of hydrogen-bond acceptors (Lipinski definition) is 2. The molecule has 1 aromatic carbocycles. The van der Waals surface area contributed by atoms with Gasteiger partial charge in [0.25, 0.3) is 0 Å². The van der Waals surface area contributed by atoms with Crippen molar-refractivity contribution in [2.45, 2.75) is 58.5 Å². The van der Waals surface area contributed by atoms with Crippen molar-refractivity contribution in [1.82, 2.24) is 9.47 Å². The Hall–Kier alpha value is -2.53. The van der Waals surface area contributed by atoms with Crippen molar-refractivity contribution < 1.29 is 4.79 Å². The van der Waals surface area contributed by atoms with Gasteiger partial charge in [-0.05, 0) is 68.9 Å². The zero-order valence-electron chi connectivity index (χ0n) is 17.1. The van der Waals surface area contributed by atoms with Gasteiger partial charge >= 0.3 is 6.03 Å². The third-order valence-electron chi connectivity index (χ3n) is 6.26. The van der Waals surface area contributed by atoms with E-state index >= 15 is 0 Å². The van der Waals surface area contributed by atoms with Gasteiger partial charge < -0.3 is 14.8 Å². The topological polar surface area (TPSA) is 37.3 Å². The number of aromatic nitrogens is 1. The SMILES string of the molecule is CC[C@@H]1c2cccn2-c2sc3c(c2CN1C(=O)Nc1ccc(C)cc1)CCCC3. The summed E-state index contributed by atoms with van der Waals surface area (Å²) in [6, 6.07) is 12.4. The molecule has 0 unspecified atom stereocenters. The Labute approximate surface area is 176 Å². The molecular formula is C24H27N3OS. The largest absolute Gasteiger partial charge is 0.322 e. The highest BCUT2D eigenvalue weighted by Crippen LogP contribution is 2.43. The van der Waals surface area contributed by atoms with E-state index in [1.165, 1.54) is 51.5 Å². The number of carbonyl (C=O) groups excluding carboxylic acids is 1. The molecule has 5 heteroatoms. The molecule has 0 fully saturated rings. The summed E-state index contributed by atoms with van der Waals surface area (Å²) in [5, 5.41) is 4.46. The Morgan fingerprint density at radius 2 is 1.93 bits per heavy atom. The fourth-order valence-corrected chi connectivity index (χ4v) is 6.14. The fourth-order valence-electron chi connectivity index (χ4n) is 4.74. The smallest absolute Gasteiger partial charge is 0.312 e. The minimum Gasteiger partial charge on any atom is -0.312 e. The number of thiophene rings is 1. The maximum absolute atomic E-state index is 13.4. The summed E-state index contributed by atoms with van der Waals surface area (Å²) in [6.07, 6.45) is 7.91. The molecule has 4 nitrogen and oxygen atoms in total. The Bertz CT molecular complexity index is 1050. The van der Waals surface area contributed by atoms with E-state index < -0.39 is 0 Å². The first-order valence-corrected chi connectivity index (χ1v) is 11.4. The van der Waals surface area contributed by atoms with E-state index in [9.17, 15) is 4.79 Å². The molecule has 1 aliphatic carbocycles. The van der Waals surface area contributed by atoms with Gasteiger partial charge in [-0.2, -0.15) is 0 Å². The molecule has 0 spiro atoms. The molecule has 0 bridgehead atoms. The molecule has 0 saturated carbocycles. The van der Waals surface area contributed by atoms with Gasteiger partial charge in [-0.25, -0.2) is 4.79 Å². The van der Waals surface area contributed by atoms with Crippen LogP contribution in [0.15, 0.2) is 42.6 Å². The average molecular weight is 406 g/mol. The number of nitrogens with zero attached hydrogens (tertiary/aromatic N) is 2. The van der Waals surface area contributed by atoms with Crippen LogP contribution in [-0.2, 0) is 19.4 Å². The molecule has 1 aliphatic heterocycles. The van der Waals surface area contributed by atoms with E-state index in [4.69, 9.17) is 0 Å². The first kappa shape index (κ1) is 18.5. The van der Waals surface area contributed by atoms with Gasteiger partial charge in [0, 0.05) is 28.0 Å². The van der Waals surface area contributed by atoms with E-state index in [-0.39, 0.29) is 12.1 Å². The highest BCUT2D eigenvalue weighted by molar-refractivity contribution is 7.15. The van der Waals surface area contributed by atoms with Gasteiger partial charge in [0.15, 0.2) is 0 Å². The molecular weight excluding hydrogens is 378 g/mol. The van der Waals surface area contributed by atoms with Gasteiger partial charge in [-0.15, -0.1) is 11.3 Å². The van der Waals surface area contributed by atoms with Crippen LogP contribution in [0.25, 0.3) is 5.00 Å². The quantitative estimate of drug-likeness (QED) is 0.539. The zero-order valence-corrected chi connectivity index (χ0v) is 17.9. The second kappa shape index (κ2) is 7.38. The Kier molecular flexibility index (Phi) is 4.70. The van der Waals surface area contributed by atoms with Crippen molar-refractivity contribution in [2.24, 2.45) is 0 Å². The summed E-state index contributed by atoms with van der Waals surface area (Å²) in [5.41, 5.74) is 6.11. The maximum Gasteiger partial charge on any atom is 0.322 e. The van der Waals surface area contributed by atoms with Crippen LogP contribution in [0.5, 0.6) is 0 Å². The number of urea groups is 1. The van der Waals surface area contributed by atoms with Crippen LogP contribution in [0.1, 0.15) is 59.5 Å². The molecule has 2 amide bonds. The second-order valence-corrected chi connectivity index (χ2v) is 9.23. The van der Waals surface area contributed by atoms with Crippen molar-refractivity contribution in [3.8, 4) is 5.00 Å². The minimum atomic E-state index is -0.0166. The van der Waals surface area contributed by atoms with Crippen LogP contribution in [-0.4, -0.2) is 15.5 Å². The molecule has 3 heterocycles. The summed E-state index contributed by atoms with van der Waals surface area (Å²) in [6.45, 7) is 4.91. The predicted octanol–water partition coefficient (Wildman–Crippen LogP) is 6.22. The number of rotatable bonds is 2. The lowest BCUT2D eigenvalue weighted by Crippen LogP contribution is -2.37. The van der Waals surface area contributed by atoms with Gasteiger partial charge in [-0.3, -0.25) is 0 Å². The lowest BCUT2D eigenvalue weighted by Gasteiger charge is -2.30. The summed E-state index contributed by atoms with van der Waals surface area (Å²) >= 11 is 1.93. The third kappa shape index (κ3) is 3.18. The van der Waals surface area contributed by atoms with Crippen LogP contribution in [0.3, 0.4) is 0 Å². The van der Waals surface area contributed by atoms with Crippen LogP contribution >= 0.6 is 11.3 Å². The normalized spacial score (nSPS) is 17.9. The summed E-state index contributed by atoms with van der Waals surface area (Å²) < 4.78 is 2.34. The van der Waals surface area contributed by atoms with Crippen LogP contribution in [0.4, 0.5) is 10.5 Å². The van der Waals surface area contributed by atoms with Gasteiger partial charge in [0.2, 0.25) is 0 Å². The Morgan fingerprint density at radius 1 is 1.14 bits per heavy atom. The number of benzene rings is 1. The number of carbonyl (C=O) groups is 1. The molecule has 2 aromatic heterocycles. The van der Waals surface area contributed by atoms with E-state index in [1.54, 1.807) is 0 Å². The van der Waals surface area contributed by atoms with E-state index in [2.05, 4.69) is 42.1 Å². The minimum absolute atomic E-state index is 0.0166. The van der Waals surface area contributed by atoms with Gasteiger partial charge in [-0.1, -0.05) is 24.6 Å². The van der Waals surface area contributed by atoms with Crippen molar-refractivity contribution >= 4 is 23.1 Å². The first-order valence-electron chi connectivity index (χ1n) is 10.6. The van der Waals surface area contributed by atoms with Crippen LogP contribution in [0, 0.1) is 6.92 Å². The molecule has 1 N–H and O–H groups in total. The first-order chi connectivity index (χ1) is 14.2. The molecule has 29 heavy (non-hydrogen) atoms. The predicted molar refractivity (Wildman–Crippen MR) is 119 cm³/mol. The number of fused-ring (bicyclic) bond motifs is 5. The highest BCUT2D eigenvalue weighted by atomic mass is 32.1. The molecule has 2 aliphatic rings. The highest BCUT2D eigenvalue weighted by Gasteiger charge is 2.34. The number of anilines is 1. The molecule has 3 aromatic rings. The van der Waals surface area contributed by atoms with Crippen LogP contribution < -0.4 is 5.32 Å². The van der Waals surface area contributed by atoms with E-state index in [0.29, 0.717) is 6.54 Å². The lowest BCUT2D eigenvalue weighted by atomic mass is 9.95. The van der Waals surface area contributed by atoms with E-state index in [0.717, 1.165) is 18.5 Å². The van der Waals surface area contributed by atoms with Crippen LogP contribution in [0.2, 0.25) is 0 Å². The van der Waals surface area contributed by atoms with Crippen molar-refractivity contribution in [3.63, 3.8) is 0 Å². The fraction of sp³-hybridized carbons (Fsp3) is 0.375. The van der Waals surface area contributed by atoms with Crippen molar-refractivity contribution in [2.75, 3.05) is 5.32 Å². The van der Waals surface area contributed by atoms with Crippen molar-refractivity contribution in [1.29, 1.82) is 0 Å². The number of aryl methyl sites for hydroxylation is 2. The van der Waals surface area contributed by atoms with Gasteiger partial charge in [0.1, 0.15) is 5.00 Å². The molecule has 0 radical (unpaired) electrons. The monoisotopic (exact) mass is 405 g/mol.